The van der Waals surface area contributed by atoms with E-state index in [-0.39, 0.29) is 40.1 Å². The van der Waals surface area contributed by atoms with Crippen LogP contribution in [-0.4, -0.2) is 33.6 Å². The number of para-hydroxylation sites is 1. The molecule has 41 heavy (non-hydrogen) atoms. The van der Waals surface area contributed by atoms with E-state index in [1.807, 2.05) is 44.2 Å². The number of hydrogen-bond donors (Lipinski definition) is 2. The minimum Gasteiger partial charge on any atom is -0.454 e. The molecule has 1 saturated carbocycles. The maximum atomic E-state index is 13.9. The lowest BCUT2D eigenvalue weighted by molar-refractivity contribution is -0.117. The number of amides is 1. The van der Waals surface area contributed by atoms with Gasteiger partial charge in [-0.05, 0) is 50.1 Å². The lowest BCUT2D eigenvalue weighted by atomic mass is 10.2. The average molecular weight is 566 g/mol. The van der Waals surface area contributed by atoms with Gasteiger partial charge in [0.05, 0.1) is 11.4 Å². The third kappa shape index (κ3) is 7.24. The third-order valence-electron chi connectivity index (χ3n) is 6.19. The van der Waals surface area contributed by atoms with Crippen LogP contribution in [0.3, 0.4) is 0 Å². The number of nitrogens with one attached hydrogen (secondary N) is 2. The molecule has 2 heterocycles. The fraction of sp³-hybridized carbons (Fsp3) is 0.267. The lowest BCUT2D eigenvalue weighted by Gasteiger charge is -2.10. The van der Waals surface area contributed by atoms with Crippen molar-refractivity contribution in [3.05, 3.63) is 94.0 Å². The molecule has 0 radical (unpaired) electrons. The Morgan fingerprint density at radius 2 is 1.76 bits per heavy atom. The molecule has 1 fully saturated rings. The van der Waals surface area contributed by atoms with Crippen LogP contribution in [0.25, 0.3) is 5.69 Å². The van der Waals surface area contributed by atoms with E-state index in [1.165, 1.54) is 42.2 Å². The van der Waals surface area contributed by atoms with E-state index in [2.05, 4.69) is 15.6 Å². The van der Waals surface area contributed by atoms with Crippen molar-refractivity contribution in [3.63, 3.8) is 0 Å². The Kier molecular flexibility index (Phi) is 10.5. The van der Waals surface area contributed by atoms with Crippen molar-refractivity contribution in [2.75, 3.05) is 17.7 Å². The highest BCUT2D eigenvalue weighted by atomic mass is 19.2. The normalized spacial score (nSPS) is 11.8. The number of benzene rings is 2. The van der Waals surface area contributed by atoms with Gasteiger partial charge in [-0.15, -0.1) is 0 Å². The van der Waals surface area contributed by atoms with E-state index in [0.29, 0.717) is 17.8 Å². The zero-order chi connectivity index (χ0) is 30.1. The second kappa shape index (κ2) is 14.0. The number of hydrogen-bond acceptors (Lipinski definition) is 6. The molecule has 0 spiro atoms. The van der Waals surface area contributed by atoms with Crippen molar-refractivity contribution >= 4 is 23.7 Å². The summed E-state index contributed by atoms with van der Waals surface area (Å²) in [5.74, 6) is -1.83. The van der Waals surface area contributed by atoms with Crippen LogP contribution in [-0.2, 0) is 11.8 Å². The first-order valence-electron chi connectivity index (χ1n) is 13.1. The second-order valence-electron chi connectivity index (χ2n) is 8.82. The predicted octanol–water partition coefficient (Wildman–Crippen LogP) is 5.87. The summed E-state index contributed by atoms with van der Waals surface area (Å²) < 4.78 is 36.2. The number of aromatic nitrogens is 3. The SMILES string of the molecule is CC.CNc1ccc(Oc2ccnc(NC(=O)C3CC3)c2)c(F)c1F.Cc1c(C=O)c(=O)n(-c2ccccc2)n1C. The van der Waals surface area contributed by atoms with Gasteiger partial charge >= 0.3 is 0 Å². The maximum absolute atomic E-state index is 13.9. The first-order chi connectivity index (χ1) is 19.7. The Morgan fingerprint density at radius 3 is 2.34 bits per heavy atom. The van der Waals surface area contributed by atoms with Gasteiger partial charge in [-0.2, -0.15) is 4.39 Å². The van der Waals surface area contributed by atoms with Crippen LogP contribution in [0.5, 0.6) is 11.5 Å². The highest BCUT2D eigenvalue weighted by Gasteiger charge is 2.29. The molecule has 2 aromatic carbocycles. The van der Waals surface area contributed by atoms with Crippen molar-refractivity contribution in [2.24, 2.45) is 13.0 Å². The molecule has 1 aliphatic rings. The van der Waals surface area contributed by atoms with Gasteiger partial charge in [0.1, 0.15) is 17.1 Å². The molecule has 1 amide bonds. The van der Waals surface area contributed by atoms with Crippen LogP contribution in [0.15, 0.2) is 65.6 Å². The average Bonchev–Trinajstić information content (AvgIpc) is 3.81. The van der Waals surface area contributed by atoms with Gasteiger partial charge < -0.3 is 15.4 Å². The van der Waals surface area contributed by atoms with Crippen molar-refractivity contribution in [2.45, 2.75) is 33.6 Å². The molecule has 0 atom stereocenters. The summed E-state index contributed by atoms with van der Waals surface area (Å²) in [6, 6.07) is 14.9. The van der Waals surface area contributed by atoms with Crippen LogP contribution >= 0.6 is 0 Å². The number of nitrogens with zero attached hydrogens (tertiary/aromatic N) is 3. The molecule has 1 aliphatic carbocycles. The Hall–Kier alpha value is -4.80. The summed E-state index contributed by atoms with van der Waals surface area (Å²) in [4.78, 5) is 38.5. The number of ether oxygens (including phenoxy) is 1. The Bertz CT molecular complexity index is 1560. The molecule has 11 heteroatoms. The van der Waals surface area contributed by atoms with Gasteiger partial charge in [-0.1, -0.05) is 32.0 Å². The molecule has 216 valence electrons. The van der Waals surface area contributed by atoms with Crippen LogP contribution in [0, 0.1) is 24.5 Å². The van der Waals surface area contributed by atoms with Crippen molar-refractivity contribution in [1.29, 1.82) is 0 Å². The van der Waals surface area contributed by atoms with Crippen molar-refractivity contribution in [1.82, 2.24) is 14.3 Å². The summed E-state index contributed by atoms with van der Waals surface area (Å²) in [5, 5.41) is 5.21. The molecule has 0 aliphatic heterocycles. The monoisotopic (exact) mass is 565 g/mol. The topological polar surface area (TPSA) is 107 Å². The number of carbonyl (C=O) groups is 2. The molecule has 0 bridgehead atoms. The number of carbonyl (C=O) groups excluding carboxylic acids is 2. The minimum absolute atomic E-state index is 0.0435. The third-order valence-corrected chi connectivity index (χ3v) is 6.19. The standard InChI is InChI=1S/C16H15F2N3O2.C12H12N2O2.C2H6/c1-19-11-4-5-12(15(18)14(11)17)23-10-6-7-20-13(8-10)21-16(22)9-2-3-9;1-9-11(8-15)12(16)14(13(9)2)10-6-4-3-5-7-10;1-2/h4-9,19H,2-3H2,1H3,(H,20,21,22);3-8H,1-2H3;1-2H3. The van der Waals surface area contributed by atoms with Gasteiger partial charge in [0.2, 0.25) is 11.7 Å². The molecule has 5 rings (SSSR count). The number of aldehydes is 1. The van der Waals surface area contributed by atoms with Crippen LogP contribution in [0.4, 0.5) is 20.3 Å². The van der Waals surface area contributed by atoms with Gasteiger partial charge in [-0.25, -0.2) is 14.1 Å². The van der Waals surface area contributed by atoms with Crippen molar-refractivity contribution in [3.8, 4) is 17.2 Å². The minimum atomic E-state index is -1.09. The fourth-order valence-electron chi connectivity index (χ4n) is 3.77. The Labute approximate surface area is 236 Å². The number of halogens is 2. The first kappa shape index (κ1) is 30.7. The van der Waals surface area contributed by atoms with Crippen LogP contribution in [0.1, 0.15) is 42.7 Å². The van der Waals surface area contributed by atoms with Crippen molar-refractivity contribution < 1.29 is 23.1 Å². The number of anilines is 2. The zero-order valence-electron chi connectivity index (χ0n) is 23.6. The quantitative estimate of drug-likeness (QED) is 0.272. The van der Waals surface area contributed by atoms with Gasteiger partial charge in [0.15, 0.2) is 17.9 Å². The second-order valence-corrected chi connectivity index (χ2v) is 8.82. The van der Waals surface area contributed by atoms with Gasteiger partial charge in [0.25, 0.3) is 5.56 Å². The summed E-state index contributed by atoms with van der Waals surface area (Å²) in [6.45, 7) is 5.75. The van der Waals surface area contributed by atoms with Gasteiger partial charge in [-0.3, -0.25) is 19.1 Å². The van der Waals surface area contributed by atoms with Gasteiger partial charge in [0, 0.05) is 38.0 Å². The maximum Gasteiger partial charge on any atom is 0.282 e. The molecule has 4 aromatic rings. The summed E-state index contributed by atoms with van der Waals surface area (Å²) in [6.07, 6.45) is 3.79. The predicted molar refractivity (Wildman–Crippen MR) is 154 cm³/mol. The summed E-state index contributed by atoms with van der Waals surface area (Å²) in [5.41, 5.74) is 1.41. The number of pyridine rings is 1. The largest absolute Gasteiger partial charge is 0.454 e. The van der Waals surface area contributed by atoms with Crippen LogP contribution in [0.2, 0.25) is 0 Å². The van der Waals surface area contributed by atoms with E-state index < -0.39 is 11.6 Å². The smallest absolute Gasteiger partial charge is 0.282 e. The van der Waals surface area contributed by atoms with E-state index in [0.717, 1.165) is 18.5 Å². The van der Waals surface area contributed by atoms with E-state index in [4.69, 9.17) is 4.74 Å². The highest BCUT2D eigenvalue weighted by molar-refractivity contribution is 5.93. The Balaban J connectivity index is 0.000000225. The van der Waals surface area contributed by atoms with E-state index in [9.17, 15) is 23.2 Å². The number of rotatable bonds is 7. The van der Waals surface area contributed by atoms with E-state index in [1.54, 1.807) is 18.7 Å². The zero-order valence-corrected chi connectivity index (χ0v) is 23.6. The Morgan fingerprint density at radius 1 is 1.07 bits per heavy atom. The summed E-state index contributed by atoms with van der Waals surface area (Å²) in [7, 11) is 3.26. The van der Waals surface area contributed by atoms with Crippen LogP contribution < -0.4 is 20.9 Å². The molecule has 9 nitrogen and oxygen atoms in total. The lowest BCUT2D eigenvalue weighted by Crippen LogP contribution is -2.20. The molecule has 2 N–H and O–H groups in total. The molecule has 0 unspecified atom stereocenters. The molecular formula is C30H33F2N5O4. The fourth-order valence-corrected chi connectivity index (χ4v) is 3.77. The summed E-state index contributed by atoms with van der Waals surface area (Å²) >= 11 is 0. The molecule has 0 saturated heterocycles. The molecule has 2 aromatic heterocycles. The highest BCUT2D eigenvalue weighted by Crippen LogP contribution is 2.32. The first-order valence-corrected chi connectivity index (χ1v) is 13.1. The molecular weight excluding hydrogens is 532 g/mol. The van der Waals surface area contributed by atoms with E-state index >= 15 is 0 Å².